The van der Waals surface area contributed by atoms with Gasteiger partial charge in [-0.2, -0.15) is 5.10 Å². The van der Waals surface area contributed by atoms with Gasteiger partial charge < -0.3 is 4.98 Å². The first-order chi connectivity index (χ1) is 5.40. The van der Waals surface area contributed by atoms with Gasteiger partial charge in [0.1, 0.15) is 0 Å². The zero-order valence-electron chi connectivity index (χ0n) is 5.90. The molecular formula is C6H6N4S. The summed E-state index contributed by atoms with van der Waals surface area (Å²) in [5, 5.41) is 8.44. The first kappa shape index (κ1) is 6.60. The van der Waals surface area contributed by atoms with Gasteiger partial charge in [-0.15, -0.1) is 5.10 Å². The van der Waals surface area contributed by atoms with Gasteiger partial charge in [0.2, 0.25) is 5.65 Å². The summed E-state index contributed by atoms with van der Waals surface area (Å²) in [6, 6.07) is 1.86. The highest BCUT2D eigenvalue weighted by molar-refractivity contribution is 7.98. The quantitative estimate of drug-likeness (QED) is 0.644. The van der Waals surface area contributed by atoms with E-state index >= 15 is 0 Å². The summed E-state index contributed by atoms with van der Waals surface area (Å²) < 4.78 is 0. The summed E-state index contributed by atoms with van der Waals surface area (Å²) in [6.45, 7) is 0. The van der Waals surface area contributed by atoms with Crippen LogP contribution in [-0.2, 0) is 0 Å². The molecule has 0 bridgehead atoms. The van der Waals surface area contributed by atoms with E-state index in [9.17, 15) is 0 Å². The molecule has 2 rings (SSSR count). The molecule has 0 amide bonds. The van der Waals surface area contributed by atoms with E-state index in [2.05, 4.69) is 20.2 Å². The lowest BCUT2D eigenvalue weighted by atomic mass is 10.5. The van der Waals surface area contributed by atoms with Gasteiger partial charge >= 0.3 is 0 Å². The number of hydrogen-bond acceptors (Lipinski definition) is 4. The molecule has 0 saturated heterocycles. The second kappa shape index (κ2) is 2.50. The fourth-order valence-electron chi connectivity index (χ4n) is 0.840. The number of rotatable bonds is 1. The van der Waals surface area contributed by atoms with E-state index in [1.54, 1.807) is 18.0 Å². The lowest BCUT2D eigenvalue weighted by Gasteiger charge is -1.80. The number of nitrogens with zero attached hydrogens (tertiary/aromatic N) is 3. The molecule has 4 nitrogen and oxygen atoms in total. The largest absolute Gasteiger partial charge is 0.331 e. The Bertz CT molecular complexity index is 336. The van der Waals surface area contributed by atoms with E-state index in [1.807, 2.05) is 12.3 Å². The van der Waals surface area contributed by atoms with Crippen LogP contribution in [0.1, 0.15) is 0 Å². The van der Waals surface area contributed by atoms with Gasteiger partial charge in [-0.05, 0) is 12.3 Å². The number of imidazole rings is 1. The van der Waals surface area contributed by atoms with Crippen LogP contribution in [-0.4, -0.2) is 26.4 Å². The van der Waals surface area contributed by atoms with Crippen LogP contribution >= 0.6 is 11.8 Å². The SMILES string of the molecule is CSc1nc2nnccc2[nH]1. The fourth-order valence-corrected chi connectivity index (χ4v) is 1.23. The van der Waals surface area contributed by atoms with E-state index in [4.69, 9.17) is 0 Å². The number of nitrogens with one attached hydrogen (secondary N) is 1. The van der Waals surface area contributed by atoms with Crippen molar-refractivity contribution in [2.75, 3.05) is 6.26 Å². The van der Waals surface area contributed by atoms with E-state index in [0.717, 1.165) is 10.7 Å². The molecule has 2 aromatic heterocycles. The van der Waals surface area contributed by atoms with Crippen LogP contribution in [0, 0.1) is 0 Å². The summed E-state index contributed by atoms with van der Waals surface area (Å²) in [5.74, 6) is 0. The first-order valence-electron chi connectivity index (χ1n) is 3.11. The standard InChI is InChI=1S/C6H6N4S/c1-11-6-8-4-2-3-7-10-5(4)9-6/h2-3H,1H3,(H,8,9,10). The predicted molar refractivity (Wildman–Crippen MR) is 43.5 cm³/mol. The Balaban J connectivity index is 2.69. The van der Waals surface area contributed by atoms with E-state index in [0.29, 0.717) is 5.65 Å². The third kappa shape index (κ3) is 1.07. The zero-order chi connectivity index (χ0) is 7.68. The average Bonchev–Trinajstić information content (AvgIpc) is 2.46. The Morgan fingerprint density at radius 1 is 1.55 bits per heavy atom. The maximum Gasteiger partial charge on any atom is 0.200 e. The van der Waals surface area contributed by atoms with Crippen LogP contribution in [0.3, 0.4) is 0 Å². The monoisotopic (exact) mass is 166 g/mol. The minimum atomic E-state index is 0.678. The normalized spacial score (nSPS) is 10.6. The Morgan fingerprint density at radius 3 is 3.18 bits per heavy atom. The molecular weight excluding hydrogens is 160 g/mol. The van der Waals surface area contributed by atoms with Gasteiger partial charge in [0.25, 0.3) is 0 Å². The topological polar surface area (TPSA) is 54.5 Å². The molecule has 11 heavy (non-hydrogen) atoms. The molecule has 1 N–H and O–H groups in total. The molecule has 0 aliphatic heterocycles. The van der Waals surface area contributed by atoms with Gasteiger partial charge in [-0.3, -0.25) is 0 Å². The molecule has 0 fully saturated rings. The fraction of sp³-hybridized carbons (Fsp3) is 0.167. The number of hydrogen-bond donors (Lipinski definition) is 1. The highest BCUT2D eigenvalue weighted by Gasteiger charge is 2.00. The van der Waals surface area contributed by atoms with Crippen LogP contribution in [0.2, 0.25) is 0 Å². The van der Waals surface area contributed by atoms with Crippen molar-refractivity contribution in [3.8, 4) is 0 Å². The highest BCUT2D eigenvalue weighted by Crippen LogP contribution is 2.13. The van der Waals surface area contributed by atoms with Crippen LogP contribution in [0.4, 0.5) is 0 Å². The molecule has 0 aliphatic rings. The molecule has 0 unspecified atom stereocenters. The first-order valence-corrected chi connectivity index (χ1v) is 4.34. The van der Waals surface area contributed by atoms with E-state index < -0.39 is 0 Å². The van der Waals surface area contributed by atoms with Crippen LogP contribution in [0.5, 0.6) is 0 Å². The molecule has 0 radical (unpaired) electrons. The molecule has 0 spiro atoms. The van der Waals surface area contributed by atoms with Crippen molar-refractivity contribution in [3.05, 3.63) is 12.3 Å². The molecule has 2 aromatic rings. The van der Waals surface area contributed by atoms with E-state index in [1.165, 1.54) is 0 Å². The molecule has 0 aliphatic carbocycles. The third-order valence-corrected chi connectivity index (χ3v) is 1.92. The molecule has 0 atom stereocenters. The second-order valence-corrected chi connectivity index (χ2v) is 2.81. The number of thioether (sulfide) groups is 1. The van der Waals surface area contributed by atoms with Crippen molar-refractivity contribution in [2.45, 2.75) is 5.16 Å². The molecule has 56 valence electrons. The van der Waals surface area contributed by atoms with Crippen LogP contribution in [0.25, 0.3) is 11.2 Å². The third-order valence-electron chi connectivity index (χ3n) is 1.34. The van der Waals surface area contributed by atoms with Crippen molar-refractivity contribution in [1.29, 1.82) is 0 Å². The van der Waals surface area contributed by atoms with Gasteiger partial charge in [0.15, 0.2) is 5.16 Å². The van der Waals surface area contributed by atoms with Gasteiger partial charge in [0, 0.05) is 0 Å². The molecule has 0 saturated carbocycles. The Labute approximate surface area is 67.4 Å². The average molecular weight is 166 g/mol. The summed E-state index contributed by atoms with van der Waals surface area (Å²) in [6.07, 6.45) is 3.61. The minimum Gasteiger partial charge on any atom is -0.331 e. The number of fused-ring (bicyclic) bond motifs is 1. The Hall–Kier alpha value is -1.10. The molecule has 5 heteroatoms. The summed E-state index contributed by atoms with van der Waals surface area (Å²) in [7, 11) is 0. The predicted octanol–water partition coefficient (Wildman–Crippen LogP) is 1.07. The second-order valence-electron chi connectivity index (χ2n) is 2.01. The lowest BCUT2D eigenvalue weighted by molar-refractivity contribution is 1.03. The summed E-state index contributed by atoms with van der Waals surface area (Å²) >= 11 is 1.56. The summed E-state index contributed by atoms with van der Waals surface area (Å²) in [4.78, 5) is 7.26. The Kier molecular flexibility index (Phi) is 1.50. The molecule has 2 heterocycles. The zero-order valence-corrected chi connectivity index (χ0v) is 6.72. The van der Waals surface area contributed by atoms with Gasteiger partial charge in [-0.25, -0.2) is 4.98 Å². The van der Waals surface area contributed by atoms with Crippen molar-refractivity contribution in [2.24, 2.45) is 0 Å². The minimum absolute atomic E-state index is 0.678. The van der Waals surface area contributed by atoms with Crippen molar-refractivity contribution in [3.63, 3.8) is 0 Å². The lowest BCUT2D eigenvalue weighted by Crippen LogP contribution is -1.78. The maximum atomic E-state index is 4.16. The molecule has 0 aromatic carbocycles. The van der Waals surface area contributed by atoms with Gasteiger partial charge in [-0.1, -0.05) is 11.8 Å². The van der Waals surface area contributed by atoms with Crippen LogP contribution in [0.15, 0.2) is 17.4 Å². The highest BCUT2D eigenvalue weighted by atomic mass is 32.2. The Morgan fingerprint density at radius 2 is 2.45 bits per heavy atom. The van der Waals surface area contributed by atoms with Crippen molar-refractivity contribution in [1.82, 2.24) is 20.2 Å². The van der Waals surface area contributed by atoms with Crippen LogP contribution < -0.4 is 0 Å². The van der Waals surface area contributed by atoms with Gasteiger partial charge in [0.05, 0.1) is 11.7 Å². The van der Waals surface area contributed by atoms with E-state index in [-0.39, 0.29) is 0 Å². The number of aromatic nitrogens is 4. The van der Waals surface area contributed by atoms with Crippen molar-refractivity contribution < 1.29 is 0 Å². The number of H-pyrrole nitrogens is 1. The maximum absolute atomic E-state index is 4.16. The smallest absolute Gasteiger partial charge is 0.200 e. The summed E-state index contributed by atoms with van der Waals surface area (Å²) in [5.41, 5.74) is 1.61. The number of aromatic amines is 1. The van der Waals surface area contributed by atoms with Crippen molar-refractivity contribution >= 4 is 22.9 Å².